The van der Waals surface area contributed by atoms with Crippen LogP contribution in [0.25, 0.3) is 11.3 Å². The van der Waals surface area contributed by atoms with Crippen molar-refractivity contribution in [3.63, 3.8) is 0 Å². The molecule has 8 heteroatoms. The molecule has 0 aliphatic carbocycles. The van der Waals surface area contributed by atoms with Crippen molar-refractivity contribution in [2.45, 2.75) is 26.3 Å². The zero-order valence-corrected chi connectivity index (χ0v) is 18.6. The maximum Gasteiger partial charge on any atom is 0.273 e. The Bertz CT molecular complexity index is 1060. The number of methoxy groups -OCH3 is 2. The van der Waals surface area contributed by atoms with Crippen molar-refractivity contribution >= 4 is 11.7 Å². The molecule has 3 aromatic rings. The van der Waals surface area contributed by atoms with E-state index in [0.29, 0.717) is 29.4 Å². The average Bonchev–Trinajstić information content (AvgIpc) is 3.33. The summed E-state index contributed by atoms with van der Waals surface area (Å²) in [4.78, 5) is 19.5. The SMILES string of the molecule is COc1ccc(OC)c(-c2cc(C(=O)NCc3ccc(N4CCC(C)CC4)nc3)no2)c1. The van der Waals surface area contributed by atoms with Crippen LogP contribution in [0, 0.1) is 5.92 Å². The first-order chi connectivity index (χ1) is 15.6. The van der Waals surface area contributed by atoms with Crippen LogP contribution in [0.5, 0.6) is 11.5 Å². The molecule has 0 bridgehead atoms. The van der Waals surface area contributed by atoms with Crippen LogP contribution < -0.4 is 19.7 Å². The highest BCUT2D eigenvalue weighted by atomic mass is 16.5. The monoisotopic (exact) mass is 436 g/mol. The molecule has 1 N–H and O–H groups in total. The third-order valence-corrected chi connectivity index (χ3v) is 5.78. The normalized spacial score (nSPS) is 14.3. The fraction of sp³-hybridized carbons (Fsp3) is 0.375. The smallest absolute Gasteiger partial charge is 0.273 e. The molecule has 0 radical (unpaired) electrons. The summed E-state index contributed by atoms with van der Waals surface area (Å²) in [6, 6.07) is 10.9. The summed E-state index contributed by atoms with van der Waals surface area (Å²) >= 11 is 0. The number of aromatic nitrogens is 2. The Morgan fingerprint density at radius 3 is 2.66 bits per heavy atom. The largest absolute Gasteiger partial charge is 0.497 e. The summed E-state index contributed by atoms with van der Waals surface area (Å²) in [5.74, 6) is 3.12. The van der Waals surface area contributed by atoms with Gasteiger partial charge in [0.25, 0.3) is 5.91 Å². The number of pyridine rings is 1. The van der Waals surface area contributed by atoms with Gasteiger partial charge < -0.3 is 24.2 Å². The van der Waals surface area contributed by atoms with E-state index >= 15 is 0 Å². The molecule has 1 aliphatic heterocycles. The number of carbonyl (C=O) groups excluding carboxylic acids is 1. The van der Waals surface area contributed by atoms with Crippen molar-refractivity contribution in [3.05, 3.63) is 53.9 Å². The minimum Gasteiger partial charge on any atom is -0.497 e. The van der Waals surface area contributed by atoms with Crippen LogP contribution in [0.2, 0.25) is 0 Å². The molecule has 3 heterocycles. The van der Waals surface area contributed by atoms with Crippen LogP contribution in [0.3, 0.4) is 0 Å². The molecule has 2 aromatic heterocycles. The maximum absolute atomic E-state index is 12.6. The Morgan fingerprint density at radius 1 is 1.16 bits per heavy atom. The number of ether oxygens (including phenoxy) is 2. The van der Waals surface area contributed by atoms with Gasteiger partial charge >= 0.3 is 0 Å². The van der Waals surface area contributed by atoms with Gasteiger partial charge in [0.05, 0.1) is 19.8 Å². The highest BCUT2D eigenvalue weighted by molar-refractivity contribution is 5.93. The second-order valence-corrected chi connectivity index (χ2v) is 8.02. The van der Waals surface area contributed by atoms with Crippen LogP contribution in [-0.2, 0) is 6.54 Å². The summed E-state index contributed by atoms with van der Waals surface area (Å²) in [5.41, 5.74) is 1.77. The van der Waals surface area contributed by atoms with E-state index in [1.807, 2.05) is 18.3 Å². The van der Waals surface area contributed by atoms with E-state index in [4.69, 9.17) is 14.0 Å². The van der Waals surface area contributed by atoms with Crippen LogP contribution in [0.4, 0.5) is 5.82 Å². The molecule has 8 nitrogen and oxygen atoms in total. The minimum absolute atomic E-state index is 0.192. The number of nitrogens with one attached hydrogen (secondary N) is 1. The van der Waals surface area contributed by atoms with Gasteiger partial charge in [-0.05, 0) is 48.6 Å². The number of amides is 1. The Kier molecular flexibility index (Phi) is 6.58. The van der Waals surface area contributed by atoms with Crippen LogP contribution >= 0.6 is 0 Å². The van der Waals surface area contributed by atoms with Crippen molar-refractivity contribution in [1.29, 1.82) is 0 Å². The zero-order valence-electron chi connectivity index (χ0n) is 18.6. The number of nitrogens with zero attached hydrogens (tertiary/aromatic N) is 3. The lowest BCUT2D eigenvalue weighted by atomic mass is 9.99. The van der Waals surface area contributed by atoms with Crippen LogP contribution in [-0.4, -0.2) is 43.4 Å². The fourth-order valence-corrected chi connectivity index (χ4v) is 3.73. The zero-order chi connectivity index (χ0) is 22.5. The number of anilines is 1. The lowest BCUT2D eigenvalue weighted by Gasteiger charge is -2.31. The molecule has 32 heavy (non-hydrogen) atoms. The molecule has 0 atom stereocenters. The Labute approximate surface area is 187 Å². The van der Waals surface area contributed by atoms with Crippen molar-refractivity contribution in [1.82, 2.24) is 15.5 Å². The number of rotatable bonds is 7. The highest BCUT2D eigenvalue weighted by Gasteiger charge is 2.18. The molecular weight excluding hydrogens is 408 g/mol. The van der Waals surface area contributed by atoms with Gasteiger partial charge in [0.1, 0.15) is 17.3 Å². The molecule has 4 rings (SSSR count). The van der Waals surface area contributed by atoms with Gasteiger partial charge in [-0.15, -0.1) is 0 Å². The van der Waals surface area contributed by atoms with Gasteiger partial charge in [0.15, 0.2) is 11.5 Å². The molecule has 0 spiro atoms. The summed E-state index contributed by atoms with van der Waals surface area (Å²) in [5, 5.41) is 6.78. The number of hydrogen-bond acceptors (Lipinski definition) is 7. The van der Waals surface area contributed by atoms with Gasteiger partial charge in [-0.3, -0.25) is 4.79 Å². The highest BCUT2D eigenvalue weighted by Crippen LogP contribution is 2.33. The summed E-state index contributed by atoms with van der Waals surface area (Å²) in [7, 11) is 3.15. The first-order valence-corrected chi connectivity index (χ1v) is 10.7. The first kappa shape index (κ1) is 21.7. The number of carbonyl (C=O) groups is 1. The van der Waals surface area contributed by atoms with E-state index in [9.17, 15) is 4.79 Å². The summed E-state index contributed by atoms with van der Waals surface area (Å²) in [6.07, 6.45) is 4.20. The standard InChI is InChI=1S/C24H28N4O4/c1-16-8-10-28(11-9-16)23-7-4-17(14-25-23)15-26-24(29)20-13-22(32-27-20)19-12-18(30-2)5-6-21(19)31-3/h4-7,12-14,16H,8-11,15H2,1-3H3,(H,26,29). The van der Waals surface area contributed by atoms with Crippen molar-refractivity contribution in [2.75, 3.05) is 32.2 Å². The molecule has 1 saturated heterocycles. The molecule has 1 fully saturated rings. The molecule has 1 aliphatic rings. The van der Waals surface area contributed by atoms with Crippen molar-refractivity contribution in [3.8, 4) is 22.8 Å². The number of piperidine rings is 1. The maximum atomic E-state index is 12.6. The summed E-state index contributed by atoms with van der Waals surface area (Å²) in [6.45, 7) is 4.73. The third kappa shape index (κ3) is 4.85. The minimum atomic E-state index is -0.323. The molecule has 1 amide bonds. The van der Waals surface area contributed by atoms with Gasteiger partial charge in [0, 0.05) is 31.9 Å². The predicted molar refractivity (Wildman–Crippen MR) is 121 cm³/mol. The van der Waals surface area contributed by atoms with Crippen molar-refractivity contribution in [2.24, 2.45) is 5.92 Å². The van der Waals surface area contributed by atoms with Gasteiger partial charge in [-0.1, -0.05) is 18.1 Å². The lowest BCUT2D eigenvalue weighted by Crippen LogP contribution is -2.33. The molecule has 168 valence electrons. The van der Waals surface area contributed by atoms with E-state index in [1.54, 1.807) is 38.5 Å². The Balaban J connectivity index is 1.38. The second kappa shape index (κ2) is 9.72. The lowest BCUT2D eigenvalue weighted by molar-refractivity contribution is 0.0942. The average molecular weight is 437 g/mol. The van der Waals surface area contributed by atoms with Crippen LogP contribution in [0.15, 0.2) is 47.1 Å². The molecule has 1 aromatic carbocycles. The van der Waals surface area contributed by atoms with E-state index in [2.05, 4.69) is 27.3 Å². The van der Waals surface area contributed by atoms with E-state index in [0.717, 1.165) is 30.4 Å². The second-order valence-electron chi connectivity index (χ2n) is 8.02. The van der Waals surface area contributed by atoms with E-state index in [-0.39, 0.29) is 11.6 Å². The first-order valence-electron chi connectivity index (χ1n) is 10.7. The summed E-state index contributed by atoms with van der Waals surface area (Å²) < 4.78 is 16.0. The number of hydrogen-bond donors (Lipinski definition) is 1. The van der Waals surface area contributed by atoms with E-state index in [1.165, 1.54) is 12.8 Å². The predicted octanol–water partition coefficient (Wildman–Crippen LogP) is 3.92. The topological polar surface area (TPSA) is 89.7 Å². The van der Waals surface area contributed by atoms with Gasteiger partial charge in [-0.25, -0.2) is 4.98 Å². The van der Waals surface area contributed by atoms with Crippen molar-refractivity contribution < 1.29 is 18.8 Å². The number of benzene rings is 1. The Morgan fingerprint density at radius 2 is 1.97 bits per heavy atom. The van der Waals surface area contributed by atoms with Gasteiger partial charge in [-0.2, -0.15) is 0 Å². The van der Waals surface area contributed by atoms with Crippen LogP contribution in [0.1, 0.15) is 35.8 Å². The third-order valence-electron chi connectivity index (χ3n) is 5.78. The molecule has 0 unspecified atom stereocenters. The quantitative estimate of drug-likeness (QED) is 0.600. The fourth-order valence-electron chi connectivity index (χ4n) is 3.73. The van der Waals surface area contributed by atoms with E-state index < -0.39 is 0 Å². The molecule has 0 saturated carbocycles. The molecular formula is C24H28N4O4. The van der Waals surface area contributed by atoms with Gasteiger partial charge in [0.2, 0.25) is 0 Å². The Hall–Kier alpha value is -3.55.